The molecule has 0 aliphatic rings. The second-order valence-corrected chi connectivity index (χ2v) is 6.32. The third-order valence-electron chi connectivity index (χ3n) is 4.03. The second-order valence-electron chi connectivity index (χ2n) is 5.88. The Hall–Kier alpha value is -2.60. The smallest absolute Gasteiger partial charge is 0.387 e. The summed E-state index contributed by atoms with van der Waals surface area (Å²) in [4.78, 5) is 12.3. The lowest BCUT2D eigenvalue weighted by molar-refractivity contribution is -0.122. The van der Waals surface area contributed by atoms with Crippen molar-refractivity contribution in [1.29, 1.82) is 0 Å². The molecule has 0 fully saturated rings. The van der Waals surface area contributed by atoms with Crippen molar-refractivity contribution in [3.8, 4) is 5.75 Å². The highest BCUT2D eigenvalue weighted by Crippen LogP contribution is 2.21. The first-order valence-corrected chi connectivity index (χ1v) is 8.39. The van der Waals surface area contributed by atoms with Crippen LogP contribution < -0.4 is 10.1 Å². The minimum absolute atomic E-state index is 0.0815. The summed E-state index contributed by atoms with van der Waals surface area (Å²) in [7, 11) is 0. The van der Waals surface area contributed by atoms with Crippen LogP contribution in [-0.2, 0) is 11.3 Å². The molecule has 1 aromatic heterocycles. The molecule has 0 saturated carbocycles. The number of benzene rings is 2. The minimum Gasteiger partial charge on any atom is -0.435 e. The number of hydrogen-bond donors (Lipinski definition) is 1. The van der Waals surface area contributed by atoms with E-state index >= 15 is 0 Å². The number of carbonyl (C=O) groups excluding carboxylic acids is 1. The molecule has 26 heavy (non-hydrogen) atoms. The van der Waals surface area contributed by atoms with E-state index in [1.807, 2.05) is 35.9 Å². The SMILES string of the molecule is CC(NC(=O)Cn1ccc2ccc(Cl)cc21)c1ccc(OC(F)F)cc1. The molecule has 4 nitrogen and oxygen atoms in total. The zero-order valence-electron chi connectivity index (χ0n) is 14.0. The Morgan fingerprint density at radius 1 is 1.19 bits per heavy atom. The molecule has 2 aromatic carbocycles. The zero-order valence-corrected chi connectivity index (χ0v) is 14.7. The lowest BCUT2D eigenvalue weighted by Crippen LogP contribution is -2.29. The number of aromatic nitrogens is 1. The Bertz CT molecular complexity index is 910. The topological polar surface area (TPSA) is 43.3 Å². The van der Waals surface area contributed by atoms with Crippen molar-refractivity contribution >= 4 is 28.4 Å². The Morgan fingerprint density at radius 3 is 2.62 bits per heavy atom. The van der Waals surface area contributed by atoms with Crippen LogP contribution in [-0.4, -0.2) is 17.1 Å². The molecular weight excluding hydrogens is 362 g/mol. The number of nitrogens with zero attached hydrogens (tertiary/aromatic N) is 1. The van der Waals surface area contributed by atoms with Crippen molar-refractivity contribution in [2.45, 2.75) is 26.1 Å². The van der Waals surface area contributed by atoms with Crippen LogP contribution in [0.25, 0.3) is 10.9 Å². The number of halogens is 3. The maximum Gasteiger partial charge on any atom is 0.387 e. The molecule has 0 spiro atoms. The molecule has 0 bridgehead atoms. The highest BCUT2D eigenvalue weighted by Gasteiger charge is 2.12. The zero-order chi connectivity index (χ0) is 18.7. The van der Waals surface area contributed by atoms with Gasteiger partial charge in [-0.1, -0.05) is 29.8 Å². The molecular formula is C19H17ClF2N2O2. The molecule has 136 valence electrons. The van der Waals surface area contributed by atoms with E-state index in [-0.39, 0.29) is 24.2 Å². The van der Waals surface area contributed by atoms with E-state index < -0.39 is 6.61 Å². The molecule has 0 aliphatic carbocycles. The normalized spacial score (nSPS) is 12.3. The van der Waals surface area contributed by atoms with Gasteiger partial charge >= 0.3 is 6.61 Å². The standard InChI is InChI=1S/C19H17ClF2N2O2/c1-12(13-3-6-16(7-4-13)26-19(21)22)23-18(25)11-24-9-8-14-2-5-15(20)10-17(14)24/h2-10,12,19H,11H2,1H3,(H,23,25). The van der Waals surface area contributed by atoms with Crippen molar-refractivity contribution in [3.63, 3.8) is 0 Å². The Morgan fingerprint density at radius 2 is 1.92 bits per heavy atom. The largest absolute Gasteiger partial charge is 0.435 e. The molecule has 1 atom stereocenters. The number of ether oxygens (including phenoxy) is 1. The van der Waals surface area contributed by atoms with Gasteiger partial charge in [-0.3, -0.25) is 4.79 Å². The minimum atomic E-state index is -2.86. The van der Waals surface area contributed by atoms with Crippen molar-refractivity contribution in [2.24, 2.45) is 0 Å². The summed E-state index contributed by atoms with van der Waals surface area (Å²) in [6, 6.07) is 13.4. The van der Waals surface area contributed by atoms with Crippen LogP contribution >= 0.6 is 11.6 Å². The summed E-state index contributed by atoms with van der Waals surface area (Å²) in [5.74, 6) is -0.0825. The van der Waals surface area contributed by atoms with E-state index in [4.69, 9.17) is 11.6 Å². The number of hydrogen-bond acceptors (Lipinski definition) is 2. The molecule has 1 amide bonds. The van der Waals surface area contributed by atoms with Crippen LogP contribution in [0, 0.1) is 0 Å². The Kier molecular flexibility index (Phi) is 5.42. The quantitative estimate of drug-likeness (QED) is 0.671. The maximum absolute atomic E-state index is 12.3. The number of carbonyl (C=O) groups is 1. The molecule has 3 aromatic rings. The average Bonchev–Trinajstić information content (AvgIpc) is 2.97. The Labute approximate surface area is 154 Å². The fourth-order valence-electron chi connectivity index (χ4n) is 2.76. The molecule has 7 heteroatoms. The van der Waals surface area contributed by atoms with Crippen LogP contribution in [0.2, 0.25) is 5.02 Å². The van der Waals surface area contributed by atoms with Gasteiger partial charge < -0.3 is 14.6 Å². The molecule has 0 aliphatic heterocycles. The summed E-state index contributed by atoms with van der Waals surface area (Å²) in [6.07, 6.45) is 1.84. The van der Waals surface area contributed by atoms with E-state index in [0.29, 0.717) is 5.02 Å². The third-order valence-corrected chi connectivity index (χ3v) is 4.27. The Balaban J connectivity index is 1.64. The van der Waals surface area contributed by atoms with Crippen LogP contribution in [0.4, 0.5) is 8.78 Å². The lowest BCUT2D eigenvalue weighted by Gasteiger charge is -2.15. The van der Waals surface area contributed by atoms with Crippen LogP contribution in [0.15, 0.2) is 54.7 Å². The number of rotatable bonds is 6. The van der Waals surface area contributed by atoms with Crippen molar-refractivity contribution < 1.29 is 18.3 Å². The van der Waals surface area contributed by atoms with Gasteiger partial charge in [-0.25, -0.2) is 0 Å². The summed E-state index contributed by atoms with van der Waals surface area (Å²) >= 11 is 6.02. The van der Waals surface area contributed by atoms with Gasteiger partial charge in [0.2, 0.25) is 5.91 Å². The monoisotopic (exact) mass is 378 g/mol. The fraction of sp³-hybridized carbons (Fsp3) is 0.211. The molecule has 1 heterocycles. The molecule has 1 N–H and O–H groups in total. The number of fused-ring (bicyclic) bond motifs is 1. The van der Waals surface area contributed by atoms with Crippen molar-refractivity contribution in [1.82, 2.24) is 9.88 Å². The van der Waals surface area contributed by atoms with E-state index in [1.54, 1.807) is 18.2 Å². The molecule has 1 unspecified atom stereocenters. The van der Waals surface area contributed by atoms with Crippen molar-refractivity contribution in [3.05, 3.63) is 65.3 Å². The van der Waals surface area contributed by atoms with E-state index in [0.717, 1.165) is 16.5 Å². The summed E-state index contributed by atoms with van der Waals surface area (Å²) in [5.41, 5.74) is 1.68. The average molecular weight is 379 g/mol. The van der Waals surface area contributed by atoms with Gasteiger partial charge in [-0.15, -0.1) is 0 Å². The number of alkyl halides is 2. The first-order valence-electron chi connectivity index (χ1n) is 8.01. The van der Waals surface area contributed by atoms with Gasteiger partial charge in [-0.2, -0.15) is 8.78 Å². The highest BCUT2D eigenvalue weighted by molar-refractivity contribution is 6.31. The van der Waals surface area contributed by atoms with Gasteiger partial charge in [0.25, 0.3) is 0 Å². The summed E-state index contributed by atoms with van der Waals surface area (Å²) in [5, 5.41) is 4.51. The van der Waals surface area contributed by atoms with Gasteiger partial charge in [0.05, 0.1) is 6.04 Å². The first-order chi connectivity index (χ1) is 12.4. The molecule has 0 saturated heterocycles. The molecule has 3 rings (SSSR count). The first kappa shape index (κ1) is 18.2. The predicted molar refractivity (Wildman–Crippen MR) is 96.6 cm³/mol. The van der Waals surface area contributed by atoms with Crippen molar-refractivity contribution in [2.75, 3.05) is 0 Å². The highest BCUT2D eigenvalue weighted by atomic mass is 35.5. The van der Waals surface area contributed by atoms with Gasteiger partial charge in [0.15, 0.2) is 0 Å². The number of nitrogens with one attached hydrogen (secondary N) is 1. The van der Waals surface area contributed by atoms with Gasteiger partial charge in [0, 0.05) is 16.7 Å². The predicted octanol–water partition coefficient (Wildman–Crippen LogP) is 4.77. The van der Waals surface area contributed by atoms with Crippen LogP contribution in [0.1, 0.15) is 18.5 Å². The van der Waals surface area contributed by atoms with Crippen LogP contribution in [0.3, 0.4) is 0 Å². The fourth-order valence-corrected chi connectivity index (χ4v) is 2.92. The van der Waals surface area contributed by atoms with Gasteiger partial charge in [-0.05, 0) is 48.2 Å². The third kappa shape index (κ3) is 4.32. The maximum atomic E-state index is 12.3. The summed E-state index contributed by atoms with van der Waals surface area (Å²) < 4.78 is 30.5. The number of amides is 1. The van der Waals surface area contributed by atoms with Gasteiger partial charge in [0.1, 0.15) is 12.3 Å². The van der Waals surface area contributed by atoms with E-state index in [9.17, 15) is 13.6 Å². The second kappa shape index (κ2) is 7.74. The lowest BCUT2D eigenvalue weighted by atomic mass is 10.1. The van der Waals surface area contributed by atoms with E-state index in [2.05, 4.69) is 10.1 Å². The molecule has 0 radical (unpaired) electrons. The van der Waals surface area contributed by atoms with Crippen LogP contribution in [0.5, 0.6) is 5.75 Å². The van der Waals surface area contributed by atoms with E-state index in [1.165, 1.54) is 12.1 Å². The summed E-state index contributed by atoms with van der Waals surface area (Å²) in [6.45, 7) is -0.880.